The molecule has 0 spiro atoms. The first-order valence-corrected chi connectivity index (χ1v) is 4.95. The lowest BCUT2D eigenvalue weighted by Gasteiger charge is -2.12. The number of rotatable bonds is 4. The molecule has 1 heterocycles. The van der Waals surface area contributed by atoms with E-state index in [1.54, 1.807) is 0 Å². The molecule has 0 amide bonds. The molecule has 1 aromatic heterocycles. The van der Waals surface area contributed by atoms with E-state index in [1.807, 2.05) is 17.9 Å². The molecule has 1 N–H and O–H groups in total. The van der Waals surface area contributed by atoms with E-state index in [1.165, 1.54) is 0 Å². The maximum Gasteiger partial charge on any atom is 0.130 e. The van der Waals surface area contributed by atoms with Crippen molar-refractivity contribution in [3.63, 3.8) is 0 Å². The van der Waals surface area contributed by atoms with Crippen LogP contribution in [-0.2, 0) is 6.42 Å². The zero-order chi connectivity index (χ0) is 9.84. The van der Waals surface area contributed by atoms with Gasteiger partial charge < -0.3 is 5.32 Å². The van der Waals surface area contributed by atoms with Crippen LogP contribution < -0.4 is 5.32 Å². The molecular weight excluding hydrogens is 186 g/mol. The lowest BCUT2D eigenvalue weighted by atomic mass is 10.3. The highest BCUT2D eigenvalue weighted by molar-refractivity contribution is 6.30. The first-order chi connectivity index (χ1) is 6.20. The third-order valence-electron chi connectivity index (χ3n) is 2.10. The number of hydrogen-bond acceptors (Lipinski definition) is 2. The standard InChI is InChI=1S/C9H16ClN3/c1-4-8-6-12-13(9(8)10)7(2)5-11-3/h6-7,11H,4-5H2,1-3H3. The van der Waals surface area contributed by atoms with Crippen LogP contribution >= 0.6 is 11.6 Å². The van der Waals surface area contributed by atoms with Gasteiger partial charge in [-0.1, -0.05) is 18.5 Å². The van der Waals surface area contributed by atoms with Crippen LogP contribution in [0.15, 0.2) is 6.20 Å². The summed E-state index contributed by atoms with van der Waals surface area (Å²) in [5, 5.41) is 8.12. The Bertz CT molecular complexity index is 270. The molecule has 0 aromatic carbocycles. The zero-order valence-electron chi connectivity index (χ0n) is 8.34. The predicted molar refractivity (Wildman–Crippen MR) is 55.3 cm³/mol. The SMILES string of the molecule is CCc1cnn(C(C)CNC)c1Cl. The fraction of sp³-hybridized carbons (Fsp3) is 0.667. The second-order valence-electron chi connectivity index (χ2n) is 3.17. The lowest BCUT2D eigenvalue weighted by Crippen LogP contribution is -2.20. The van der Waals surface area contributed by atoms with Crippen molar-refractivity contribution in [1.82, 2.24) is 15.1 Å². The molecule has 1 rings (SSSR count). The third-order valence-corrected chi connectivity index (χ3v) is 2.52. The van der Waals surface area contributed by atoms with E-state index < -0.39 is 0 Å². The topological polar surface area (TPSA) is 29.9 Å². The smallest absolute Gasteiger partial charge is 0.130 e. The molecule has 0 saturated carbocycles. The minimum atomic E-state index is 0.304. The molecule has 74 valence electrons. The van der Waals surface area contributed by atoms with Crippen LogP contribution in [-0.4, -0.2) is 23.4 Å². The van der Waals surface area contributed by atoms with Crippen molar-refractivity contribution in [3.05, 3.63) is 16.9 Å². The first-order valence-electron chi connectivity index (χ1n) is 4.57. The molecule has 13 heavy (non-hydrogen) atoms. The van der Waals surface area contributed by atoms with Gasteiger partial charge in [0.1, 0.15) is 5.15 Å². The van der Waals surface area contributed by atoms with Gasteiger partial charge in [0.2, 0.25) is 0 Å². The maximum absolute atomic E-state index is 6.13. The fourth-order valence-electron chi connectivity index (χ4n) is 1.31. The molecular formula is C9H16ClN3. The molecule has 0 bridgehead atoms. The van der Waals surface area contributed by atoms with Gasteiger partial charge in [0.15, 0.2) is 0 Å². The first kappa shape index (κ1) is 10.5. The van der Waals surface area contributed by atoms with Crippen LogP contribution in [0.5, 0.6) is 0 Å². The van der Waals surface area contributed by atoms with Crippen molar-refractivity contribution in [2.45, 2.75) is 26.3 Å². The van der Waals surface area contributed by atoms with E-state index in [4.69, 9.17) is 11.6 Å². The average Bonchev–Trinajstić information content (AvgIpc) is 2.47. The van der Waals surface area contributed by atoms with E-state index >= 15 is 0 Å². The Morgan fingerprint density at radius 1 is 1.69 bits per heavy atom. The van der Waals surface area contributed by atoms with Gasteiger partial charge >= 0.3 is 0 Å². The number of hydrogen-bond donors (Lipinski definition) is 1. The summed E-state index contributed by atoms with van der Waals surface area (Å²) in [5.74, 6) is 0. The summed E-state index contributed by atoms with van der Waals surface area (Å²) in [6.07, 6.45) is 2.78. The van der Waals surface area contributed by atoms with E-state index in [-0.39, 0.29) is 0 Å². The fourth-order valence-corrected chi connectivity index (χ4v) is 1.70. The molecule has 1 unspecified atom stereocenters. The predicted octanol–water partition coefficient (Wildman–Crippen LogP) is 1.88. The van der Waals surface area contributed by atoms with Gasteiger partial charge in [0.05, 0.1) is 12.2 Å². The quantitative estimate of drug-likeness (QED) is 0.806. The van der Waals surface area contributed by atoms with E-state index in [9.17, 15) is 0 Å². The second kappa shape index (κ2) is 4.63. The van der Waals surface area contributed by atoms with Crippen molar-refractivity contribution in [2.24, 2.45) is 0 Å². The Morgan fingerprint density at radius 3 is 2.85 bits per heavy atom. The zero-order valence-corrected chi connectivity index (χ0v) is 9.10. The molecule has 3 nitrogen and oxygen atoms in total. The maximum atomic E-state index is 6.13. The molecule has 1 atom stereocenters. The van der Waals surface area contributed by atoms with Crippen molar-refractivity contribution in [1.29, 1.82) is 0 Å². The summed E-state index contributed by atoms with van der Waals surface area (Å²) < 4.78 is 1.86. The van der Waals surface area contributed by atoms with Crippen molar-refractivity contribution in [2.75, 3.05) is 13.6 Å². The molecule has 0 aliphatic heterocycles. The van der Waals surface area contributed by atoms with Gasteiger partial charge in [0, 0.05) is 12.1 Å². The van der Waals surface area contributed by atoms with Crippen LogP contribution in [0.1, 0.15) is 25.5 Å². The minimum absolute atomic E-state index is 0.304. The van der Waals surface area contributed by atoms with Crippen LogP contribution in [0.3, 0.4) is 0 Å². The van der Waals surface area contributed by atoms with E-state index in [0.29, 0.717) is 6.04 Å². The highest BCUT2D eigenvalue weighted by Crippen LogP contribution is 2.19. The number of halogens is 1. The Balaban J connectivity index is 2.82. The van der Waals surface area contributed by atoms with Crippen LogP contribution in [0.4, 0.5) is 0 Å². The van der Waals surface area contributed by atoms with Gasteiger partial charge in [0.25, 0.3) is 0 Å². The molecule has 0 saturated heterocycles. The monoisotopic (exact) mass is 201 g/mol. The number of nitrogens with zero attached hydrogens (tertiary/aromatic N) is 2. The molecule has 1 aromatic rings. The summed E-state index contributed by atoms with van der Waals surface area (Å²) in [6.45, 7) is 5.05. The van der Waals surface area contributed by atoms with Gasteiger partial charge in [-0.05, 0) is 20.4 Å². The van der Waals surface area contributed by atoms with Crippen molar-refractivity contribution < 1.29 is 0 Å². The highest BCUT2D eigenvalue weighted by Gasteiger charge is 2.11. The number of aryl methyl sites for hydroxylation is 1. The van der Waals surface area contributed by atoms with Crippen LogP contribution in [0, 0.1) is 0 Å². The summed E-state index contributed by atoms with van der Waals surface area (Å²) in [4.78, 5) is 0. The average molecular weight is 202 g/mol. The summed E-state index contributed by atoms with van der Waals surface area (Å²) >= 11 is 6.13. The van der Waals surface area contributed by atoms with Crippen molar-refractivity contribution in [3.8, 4) is 0 Å². The third kappa shape index (κ3) is 2.23. The largest absolute Gasteiger partial charge is 0.318 e. The number of aromatic nitrogens is 2. The Labute approximate surface area is 84.1 Å². The number of likely N-dealkylation sites (N-methyl/N-ethyl adjacent to an activating group) is 1. The van der Waals surface area contributed by atoms with Crippen LogP contribution in [0.25, 0.3) is 0 Å². The lowest BCUT2D eigenvalue weighted by molar-refractivity contribution is 0.471. The molecule has 0 radical (unpaired) electrons. The van der Waals surface area contributed by atoms with Crippen LogP contribution in [0.2, 0.25) is 5.15 Å². The normalized spacial score (nSPS) is 13.2. The van der Waals surface area contributed by atoms with E-state index in [0.717, 1.165) is 23.7 Å². The summed E-state index contributed by atoms with van der Waals surface area (Å²) in [5.41, 5.74) is 1.12. The Hall–Kier alpha value is -0.540. The van der Waals surface area contributed by atoms with Gasteiger partial charge in [-0.15, -0.1) is 0 Å². The Kier molecular flexibility index (Phi) is 3.75. The summed E-state index contributed by atoms with van der Waals surface area (Å²) in [7, 11) is 1.93. The van der Waals surface area contributed by atoms with E-state index in [2.05, 4.69) is 24.3 Å². The minimum Gasteiger partial charge on any atom is -0.318 e. The Morgan fingerprint density at radius 2 is 2.38 bits per heavy atom. The van der Waals surface area contributed by atoms with Gasteiger partial charge in [-0.25, -0.2) is 4.68 Å². The van der Waals surface area contributed by atoms with Gasteiger partial charge in [-0.2, -0.15) is 5.10 Å². The molecule has 4 heteroatoms. The molecule has 0 fully saturated rings. The molecule has 0 aliphatic rings. The molecule has 0 aliphatic carbocycles. The van der Waals surface area contributed by atoms with Crippen molar-refractivity contribution >= 4 is 11.6 Å². The van der Waals surface area contributed by atoms with Gasteiger partial charge in [-0.3, -0.25) is 0 Å². The summed E-state index contributed by atoms with van der Waals surface area (Å²) in [6, 6.07) is 0.304. The second-order valence-corrected chi connectivity index (χ2v) is 3.52. The highest BCUT2D eigenvalue weighted by atomic mass is 35.5. The number of nitrogens with one attached hydrogen (secondary N) is 1.